The van der Waals surface area contributed by atoms with E-state index in [1.54, 1.807) is 30.3 Å². The average molecular weight is 617 g/mol. The molecule has 0 saturated heterocycles. The number of ether oxygens (including phenoxy) is 1. The smallest absolute Gasteiger partial charge is 0.264 e. The lowest BCUT2D eigenvalue weighted by molar-refractivity contribution is -0.140. The van der Waals surface area contributed by atoms with Gasteiger partial charge in [-0.2, -0.15) is 0 Å². The first-order valence-electron chi connectivity index (χ1n) is 12.7. The highest BCUT2D eigenvalue weighted by Gasteiger charge is 2.33. The summed E-state index contributed by atoms with van der Waals surface area (Å²) in [5, 5.41) is 2.80. The Morgan fingerprint density at radius 3 is 2.23 bits per heavy atom. The van der Waals surface area contributed by atoms with Crippen molar-refractivity contribution in [3.8, 4) is 5.75 Å². The number of carbonyl (C=O) groups excluding carboxylic acids is 2. The van der Waals surface area contributed by atoms with Gasteiger partial charge in [0.15, 0.2) is 0 Å². The SMILES string of the molecule is CCNC(=O)[C@@H](CC)N(Cc1ccccc1)C(=O)CN(c1ccc(C)cc1)S(=O)(=O)c1ccc(OC)c(Br)c1. The van der Waals surface area contributed by atoms with E-state index in [0.717, 1.165) is 15.4 Å². The van der Waals surface area contributed by atoms with Gasteiger partial charge in [-0.1, -0.05) is 55.0 Å². The number of sulfonamides is 1. The van der Waals surface area contributed by atoms with Crippen LogP contribution in [0, 0.1) is 6.92 Å². The maximum absolute atomic E-state index is 14.0. The quantitative estimate of drug-likeness (QED) is 0.312. The van der Waals surface area contributed by atoms with Crippen LogP contribution >= 0.6 is 15.9 Å². The minimum atomic E-state index is -4.18. The van der Waals surface area contributed by atoms with Gasteiger partial charge in [0.1, 0.15) is 18.3 Å². The van der Waals surface area contributed by atoms with E-state index in [0.29, 0.717) is 28.9 Å². The molecule has 0 heterocycles. The van der Waals surface area contributed by atoms with Crippen molar-refractivity contribution in [3.05, 3.63) is 88.4 Å². The van der Waals surface area contributed by atoms with Crippen LogP contribution in [0.4, 0.5) is 5.69 Å². The Morgan fingerprint density at radius 1 is 1.00 bits per heavy atom. The second kappa shape index (κ2) is 13.6. The van der Waals surface area contributed by atoms with Gasteiger partial charge in [0.05, 0.1) is 22.2 Å². The van der Waals surface area contributed by atoms with E-state index < -0.39 is 28.5 Å². The van der Waals surface area contributed by atoms with Crippen LogP contribution in [0.2, 0.25) is 0 Å². The average Bonchev–Trinajstić information content (AvgIpc) is 2.92. The van der Waals surface area contributed by atoms with Crippen LogP contribution in [0.5, 0.6) is 5.75 Å². The van der Waals surface area contributed by atoms with E-state index in [1.807, 2.05) is 51.1 Å². The second-order valence-electron chi connectivity index (χ2n) is 8.97. The molecule has 0 aliphatic heterocycles. The van der Waals surface area contributed by atoms with Crippen molar-refractivity contribution in [2.24, 2.45) is 0 Å². The van der Waals surface area contributed by atoms with Crippen LogP contribution in [0.1, 0.15) is 31.4 Å². The van der Waals surface area contributed by atoms with Crippen molar-refractivity contribution >= 4 is 43.5 Å². The number of benzene rings is 3. The van der Waals surface area contributed by atoms with Gasteiger partial charge in [0, 0.05) is 13.1 Å². The molecule has 1 N–H and O–H groups in total. The number of nitrogens with one attached hydrogen (secondary N) is 1. The van der Waals surface area contributed by atoms with Crippen molar-refractivity contribution < 1.29 is 22.7 Å². The molecule has 0 aliphatic rings. The Balaban J connectivity index is 2.07. The Kier molecular flexibility index (Phi) is 10.5. The molecule has 0 aromatic heterocycles. The molecule has 0 spiro atoms. The third kappa shape index (κ3) is 7.39. The maximum atomic E-state index is 14.0. The minimum Gasteiger partial charge on any atom is -0.496 e. The van der Waals surface area contributed by atoms with Gasteiger partial charge < -0.3 is 15.0 Å². The highest BCUT2D eigenvalue weighted by atomic mass is 79.9. The number of carbonyl (C=O) groups is 2. The topological polar surface area (TPSA) is 96.0 Å². The molecule has 2 amide bonds. The van der Waals surface area contributed by atoms with E-state index in [1.165, 1.54) is 24.1 Å². The summed E-state index contributed by atoms with van der Waals surface area (Å²) in [6.07, 6.45) is 0.368. The van der Waals surface area contributed by atoms with Crippen LogP contribution in [-0.2, 0) is 26.2 Å². The van der Waals surface area contributed by atoms with Crippen LogP contribution in [0.15, 0.2) is 82.2 Å². The zero-order valence-electron chi connectivity index (χ0n) is 22.6. The normalized spacial score (nSPS) is 11.9. The molecular weight excluding hydrogens is 582 g/mol. The monoisotopic (exact) mass is 615 g/mol. The summed E-state index contributed by atoms with van der Waals surface area (Å²) in [7, 11) is -2.69. The summed E-state index contributed by atoms with van der Waals surface area (Å²) in [6.45, 7) is 5.62. The Morgan fingerprint density at radius 2 is 1.67 bits per heavy atom. The predicted octanol–water partition coefficient (Wildman–Crippen LogP) is 4.90. The van der Waals surface area contributed by atoms with Crippen molar-refractivity contribution in [2.75, 3.05) is 24.5 Å². The second-order valence-corrected chi connectivity index (χ2v) is 11.7. The summed E-state index contributed by atoms with van der Waals surface area (Å²) in [5.41, 5.74) is 2.12. The molecule has 3 rings (SSSR count). The number of likely N-dealkylation sites (N-methyl/N-ethyl adjacent to an activating group) is 1. The highest BCUT2D eigenvalue weighted by molar-refractivity contribution is 9.10. The van der Waals surface area contributed by atoms with Crippen molar-refractivity contribution in [3.63, 3.8) is 0 Å². The minimum absolute atomic E-state index is 0.00562. The number of anilines is 1. The number of rotatable bonds is 12. The number of halogens is 1. The van der Waals surface area contributed by atoms with E-state index >= 15 is 0 Å². The number of aryl methyl sites for hydroxylation is 1. The lowest BCUT2D eigenvalue weighted by Gasteiger charge is -2.33. The molecule has 0 fully saturated rings. The van der Waals surface area contributed by atoms with E-state index in [4.69, 9.17) is 4.74 Å². The fraction of sp³-hybridized carbons (Fsp3) is 0.310. The lowest BCUT2D eigenvalue weighted by Crippen LogP contribution is -2.52. The zero-order valence-corrected chi connectivity index (χ0v) is 25.0. The summed E-state index contributed by atoms with van der Waals surface area (Å²) in [5.74, 6) is -0.296. The molecule has 3 aromatic carbocycles. The first kappa shape index (κ1) is 30.2. The third-order valence-electron chi connectivity index (χ3n) is 6.24. The molecule has 1 atom stereocenters. The molecule has 0 saturated carbocycles. The summed E-state index contributed by atoms with van der Waals surface area (Å²) in [6, 6.07) is 19.9. The lowest BCUT2D eigenvalue weighted by atomic mass is 10.1. The van der Waals surface area contributed by atoms with Gasteiger partial charge in [-0.15, -0.1) is 0 Å². The fourth-order valence-electron chi connectivity index (χ4n) is 4.17. The summed E-state index contributed by atoms with van der Waals surface area (Å²) >= 11 is 3.36. The molecule has 0 unspecified atom stereocenters. The largest absolute Gasteiger partial charge is 0.496 e. The molecule has 10 heteroatoms. The summed E-state index contributed by atoms with van der Waals surface area (Å²) < 4.78 is 34.8. The van der Waals surface area contributed by atoms with Gasteiger partial charge in [0.2, 0.25) is 11.8 Å². The number of hydrogen-bond donors (Lipinski definition) is 1. The Labute approximate surface area is 239 Å². The van der Waals surface area contributed by atoms with Crippen LogP contribution in [0.3, 0.4) is 0 Å². The molecule has 0 radical (unpaired) electrons. The molecule has 8 nitrogen and oxygen atoms in total. The zero-order chi connectivity index (χ0) is 28.6. The van der Waals surface area contributed by atoms with E-state index in [2.05, 4.69) is 21.2 Å². The molecule has 0 bridgehead atoms. The molecule has 3 aromatic rings. The van der Waals surface area contributed by atoms with E-state index in [9.17, 15) is 18.0 Å². The van der Waals surface area contributed by atoms with Crippen molar-refractivity contribution in [2.45, 2.75) is 44.7 Å². The molecule has 39 heavy (non-hydrogen) atoms. The van der Waals surface area contributed by atoms with Crippen LogP contribution < -0.4 is 14.4 Å². The number of nitrogens with zero attached hydrogens (tertiary/aromatic N) is 2. The van der Waals surface area contributed by atoms with Crippen molar-refractivity contribution in [1.82, 2.24) is 10.2 Å². The maximum Gasteiger partial charge on any atom is 0.264 e. The predicted molar refractivity (Wildman–Crippen MR) is 156 cm³/mol. The first-order chi connectivity index (χ1) is 18.6. The number of hydrogen-bond acceptors (Lipinski definition) is 5. The standard InChI is InChI=1S/C29H34BrN3O5S/c1-5-26(29(35)31-6-2)32(19-22-10-8-7-9-11-22)28(34)20-33(23-14-12-21(3)13-15-23)39(36,37)24-16-17-27(38-4)25(30)18-24/h7-18,26H,5-6,19-20H2,1-4H3,(H,31,35)/t26-/m1/s1. The van der Waals surface area contributed by atoms with Crippen LogP contribution in [-0.4, -0.2) is 51.4 Å². The van der Waals surface area contributed by atoms with Crippen molar-refractivity contribution in [1.29, 1.82) is 0 Å². The van der Waals surface area contributed by atoms with Crippen LogP contribution in [0.25, 0.3) is 0 Å². The van der Waals surface area contributed by atoms with Gasteiger partial charge in [0.25, 0.3) is 10.0 Å². The number of methoxy groups -OCH3 is 1. The molecule has 208 valence electrons. The summed E-state index contributed by atoms with van der Waals surface area (Å²) in [4.78, 5) is 28.4. The molecular formula is C29H34BrN3O5S. The first-order valence-corrected chi connectivity index (χ1v) is 14.9. The van der Waals surface area contributed by atoms with Gasteiger partial charge >= 0.3 is 0 Å². The van der Waals surface area contributed by atoms with E-state index in [-0.39, 0.29) is 17.3 Å². The highest BCUT2D eigenvalue weighted by Crippen LogP contribution is 2.31. The Bertz CT molecular complexity index is 1380. The number of amides is 2. The third-order valence-corrected chi connectivity index (χ3v) is 8.63. The fourth-order valence-corrected chi connectivity index (χ4v) is 6.30. The Hall–Kier alpha value is -3.37. The van der Waals surface area contributed by atoms with Gasteiger partial charge in [-0.25, -0.2) is 8.42 Å². The van der Waals surface area contributed by atoms with Gasteiger partial charge in [-0.3, -0.25) is 13.9 Å². The molecule has 0 aliphatic carbocycles. The van der Waals surface area contributed by atoms with Gasteiger partial charge in [-0.05, 0) is 72.1 Å².